The minimum Gasteiger partial charge on any atom is -0.465 e. The molecule has 15 heteroatoms. The number of aromatic nitrogens is 6. The van der Waals surface area contributed by atoms with Crippen LogP contribution in [0.2, 0.25) is 0 Å². The van der Waals surface area contributed by atoms with Gasteiger partial charge in [0.05, 0.1) is 54.8 Å². The van der Waals surface area contributed by atoms with Crippen LogP contribution in [0.15, 0.2) is 30.7 Å². The highest BCUT2D eigenvalue weighted by molar-refractivity contribution is 5.91. The minimum absolute atomic E-state index is 0.0382. The van der Waals surface area contributed by atoms with Gasteiger partial charge in [0.15, 0.2) is 11.5 Å². The molecule has 52 heavy (non-hydrogen) atoms. The predicted molar refractivity (Wildman–Crippen MR) is 191 cm³/mol. The van der Waals surface area contributed by atoms with Gasteiger partial charge in [-0.15, -0.1) is 0 Å². The highest BCUT2D eigenvalue weighted by Crippen LogP contribution is 2.46. The second-order valence-corrected chi connectivity index (χ2v) is 14.4. The summed E-state index contributed by atoms with van der Waals surface area (Å²) in [5, 5.41) is 0. The second kappa shape index (κ2) is 14.9. The van der Waals surface area contributed by atoms with Gasteiger partial charge in [-0.3, -0.25) is 14.7 Å². The minimum atomic E-state index is -4.53. The smallest absolute Gasteiger partial charge is 0.418 e. The van der Waals surface area contributed by atoms with E-state index in [9.17, 15) is 18.0 Å². The maximum absolute atomic E-state index is 14.2. The normalized spacial score (nSPS) is 18.2. The number of anilines is 2. The van der Waals surface area contributed by atoms with E-state index in [1.165, 1.54) is 12.3 Å². The molecule has 3 fully saturated rings. The van der Waals surface area contributed by atoms with Crippen LogP contribution >= 0.6 is 0 Å². The number of hydrogen-bond acceptors (Lipinski definition) is 11. The molecule has 3 aliphatic rings. The van der Waals surface area contributed by atoms with Gasteiger partial charge in [0, 0.05) is 70.0 Å². The third-order valence-electron chi connectivity index (χ3n) is 10.5. The van der Waals surface area contributed by atoms with Crippen LogP contribution in [-0.2, 0) is 20.4 Å². The van der Waals surface area contributed by atoms with Crippen molar-refractivity contribution in [1.82, 2.24) is 34.8 Å². The molecule has 0 atom stereocenters. The lowest BCUT2D eigenvalue weighted by Gasteiger charge is -2.34. The van der Waals surface area contributed by atoms with Gasteiger partial charge in [-0.2, -0.15) is 13.2 Å². The summed E-state index contributed by atoms with van der Waals surface area (Å²) in [6.45, 7) is 6.71. The van der Waals surface area contributed by atoms with E-state index in [-0.39, 0.29) is 35.1 Å². The number of esters is 1. The van der Waals surface area contributed by atoms with Gasteiger partial charge in [0.2, 0.25) is 0 Å². The van der Waals surface area contributed by atoms with Crippen LogP contribution < -0.4 is 9.80 Å². The van der Waals surface area contributed by atoms with Gasteiger partial charge in [-0.1, -0.05) is 12.8 Å². The van der Waals surface area contributed by atoms with Crippen LogP contribution in [0.5, 0.6) is 0 Å². The van der Waals surface area contributed by atoms with Crippen LogP contribution in [0.3, 0.4) is 0 Å². The lowest BCUT2D eigenvalue weighted by Crippen LogP contribution is -2.37. The number of imidazole rings is 1. The fourth-order valence-electron chi connectivity index (χ4n) is 7.79. The molecule has 1 N–H and O–H groups in total. The number of aromatic amines is 1. The SMILES string of the molecule is CCOC(=O)CN1CCCN(c2cnc(-c3nc4nc(-c5cnc(C6CC6)c(C(F)(F)F)c5)cc(N(C)CC5(COC)CCCC5)c4[nH]3)cn2)CC1. The maximum Gasteiger partial charge on any atom is 0.418 e. The third kappa shape index (κ3) is 7.85. The summed E-state index contributed by atoms with van der Waals surface area (Å²) in [4.78, 5) is 45.1. The van der Waals surface area contributed by atoms with Crippen molar-refractivity contribution in [1.29, 1.82) is 0 Å². The zero-order chi connectivity index (χ0) is 36.5. The molecule has 12 nitrogen and oxygen atoms in total. The standard InChI is InChI=1S/C37H46F3N9O3/c1-4-52-31(50)21-48-12-7-13-49(15-14-48)30-20-41-28(19-42-30)34-45-33-29(47(2)22-36(23-51-3)10-5-6-11-36)17-27(44-35(33)46-34)25-16-26(37(38,39)40)32(43-18-25)24-8-9-24/h16-20,24H,4-15,21-23H2,1-3H3,(H,44,45,46). The van der Waals surface area contributed by atoms with Crippen LogP contribution in [0.1, 0.15) is 69.0 Å². The van der Waals surface area contributed by atoms with E-state index in [2.05, 4.69) is 24.7 Å². The van der Waals surface area contributed by atoms with Crippen molar-refractivity contribution in [2.75, 3.05) is 76.4 Å². The summed E-state index contributed by atoms with van der Waals surface area (Å²) in [5.74, 6) is 0.805. The van der Waals surface area contributed by atoms with E-state index in [1.54, 1.807) is 26.4 Å². The largest absolute Gasteiger partial charge is 0.465 e. The highest BCUT2D eigenvalue weighted by atomic mass is 19.4. The molecule has 278 valence electrons. The number of hydrogen-bond donors (Lipinski definition) is 1. The summed E-state index contributed by atoms with van der Waals surface area (Å²) < 4.78 is 53.5. The number of nitrogens with zero attached hydrogens (tertiary/aromatic N) is 8. The van der Waals surface area contributed by atoms with Crippen LogP contribution in [0.4, 0.5) is 24.7 Å². The molecule has 1 aliphatic heterocycles. The van der Waals surface area contributed by atoms with Crippen LogP contribution in [-0.4, -0.2) is 107 Å². The number of alkyl halides is 3. The number of carbonyl (C=O) groups excluding carboxylic acids is 1. The van der Waals surface area contributed by atoms with E-state index < -0.39 is 11.7 Å². The average molecular weight is 722 g/mol. The fraction of sp³-hybridized carbons (Fsp3) is 0.568. The predicted octanol–water partition coefficient (Wildman–Crippen LogP) is 6.09. The Hall–Kier alpha value is -4.37. The lowest BCUT2D eigenvalue weighted by atomic mass is 9.86. The van der Waals surface area contributed by atoms with Crippen molar-refractivity contribution in [3.05, 3.63) is 42.0 Å². The van der Waals surface area contributed by atoms with Crippen molar-refractivity contribution in [2.45, 2.75) is 64.0 Å². The van der Waals surface area contributed by atoms with E-state index in [4.69, 9.17) is 29.4 Å². The molecule has 2 aliphatic carbocycles. The molecule has 5 heterocycles. The van der Waals surface area contributed by atoms with Gasteiger partial charge in [0.25, 0.3) is 0 Å². The van der Waals surface area contributed by atoms with Crippen molar-refractivity contribution < 1.29 is 27.4 Å². The molecule has 0 aromatic carbocycles. The van der Waals surface area contributed by atoms with E-state index in [1.807, 2.05) is 13.1 Å². The number of halogens is 3. The lowest BCUT2D eigenvalue weighted by molar-refractivity contribution is -0.144. The Bertz CT molecular complexity index is 1870. The van der Waals surface area contributed by atoms with Gasteiger partial charge in [-0.05, 0) is 51.2 Å². The summed E-state index contributed by atoms with van der Waals surface area (Å²) in [6, 6.07) is 3.01. The summed E-state index contributed by atoms with van der Waals surface area (Å²) in [5.41, 5.74) is 2.31. The van der Waals surface area contributed by atoms with Crippen molar-refractivity contribution in [2.24, 2.45) is 5.41 Å². The molecule has 0 radical (unpaired) electrons. The number of carbonyl (C=O) groups is 1. The van der Waals surface area contributed by atoms with E-state index in [0.29, 0.717) is 74.1 Å². The summed E-state index contributed by atoms with van der Waals surface area (Å²) in [6.07, 6.45) is 6.97. The molecule has 0 amide bonds. The third-order valence-corrected chi connectivity index (χ3v) is 10.5. The van der Waals surface area contributed by atoms with Crippen molar-refractivity contribution in [3.8, 4) is 22.8 Å². The Labute approximate surface area is 301 Å². The highest BCUT2D eigenvalue weighted by Gasteiger charge is 2.40. The first kappa shape index (κ1) is 36.0. The molecule has 1 saturated heterocycles. The van der Waals surface area contributed by atoms with Gasteiger partial charge >= 0.3 is 12.1 Å². The molecule has 2 saturated carbocycles. The molecule has 7 rings (SSSR count). The van der Waals surface area contributed by atoms with Crippen LogP contribution in [0.25, 0.3) is 33.9 Å². The quantitative estimate of drug-likeness (QED) is 0.171. The monoisotopic (exact) mass is 721 g/mol. The number of methoxy groups -OCH3 is 1. The fourth-order valence-corrected chi connectivity index (χ4v) is 7.79. The Kier molecular flexibility index (Phi) is 10.3. The zero-order valence-corrected chi connectivity index (χ0v) is 30.0. The number of pyridine rings is 2. The number of rotatable bonds is 12. The molecular weight excluding hydrogens is 675 g/mol. The number of nitrogens with one attached hydrogen (secondary N) is 1. The topological polar surface area (TPSA) is 125 Å². The van der Waals surface area contributed by atoms with Crippen molar-refractivity contribution >= 4 is 28.6 Å². The van der Waals surface area contributed by atoms with Crippen LogP contribution in [0, 0.1) is 5.41 Å². The molecule has 4 aromatic rings. The Morgan fingerprint density at radius 2 is 1.81 bits per heavy atom. The van der Waals surface area contributed by atoms with E-state index >= 15 is 0 Å². The number of H-pyrrole nitrogens is 1. The van der Waals surface area contributed by atoms with Crippen molar-refractivity contribution in [3.63, 3.8) is 0 Å². The average Bonchev–Trinajstić information content (AvgIpc) is 3.79. The van der Waals surface area contributed by atoms with Gasteiger partial charge in [0.1, 0.15) is 17.0 Å². The number of fused-ring (bicyclic) bond motifs is 1. The first-order valence-corrected chi connectivity index (χ1v) is 18.2. The second-order valence-electron chi connectivity index (χ2n) is 14.4. The Morgan fingerprint density at radius 1 is 1.00 bits per heavy atom. The molecule has 0 unspecified atom stereocenters. The maximum atomic E-state index is 14.2. The molecular formula is C37H46F3N9O3. The summed E-state index contributed by atoms with van der Waals surface area (Å²) >= 11 is 0. The van der Waals surface area contributed by atoms with E-state index in [0.717, 1.165) is 56.7 Å². The van der Waals surface area contributed by atoms with Gasteiger partial charge in [-0.25, -0.2) is 19.9 Å². The molecule has 4 aromatic heterocycles. The zero-order valence-electron chi connectivity index (χ0n) is 30.0. The molecule has 0 spiro atoms. The number of ether oxygens (including phenoxy) is 2. The first-order valence-electron chi connectivity index (χ1n) is 18.2. The Morgan fingerprint density at radius 3 is 2.50 bits per heavy atom. The summed E-state index contributed by atoms with van der Waals surface area (Å²) in [7, 11) is 3.72. The first-order chi connectivity index (χ1) is 25.1. The Balaban J connectivity index is 1.20. The van der Waals surface area contributed by atoms with Gasteiger partial charge < -0.3 is 24.3 Å². The molecule has 0 bridgehead atoms.